The first-order valence-electron chi connectivity index (χ1n) is 7.31. The normalized spacial score (nSPS) is 31.9. The van der Waals surface area contributed by atoms with Crippen molar-refractivity contribution in [1.82, 2.24) is 5.32 Å². The number of nitrogens with one attached hydrogen (secondary N) is 1. The first-order chi connectivity index (χ1) is 9.59. The minimum absolute atomic E-state index is 0.155. The maximum Gasteiger partial charge on any atom is 0.407 e. The van der Waals surface area contributed by atoms with Gasteiger partial charge in [-0.25, -0.2) is 4.79 Å². The maximum absolute atomic E-state index is 11.9. The fraction of sp³-hybridized carbons (Fsp3) is 0.562. The topological polar surface area (TPSA) is 58.6 Å². The van der Waals surface area contributed by atoms with E-state index in [9.17, 15) is 9.90 Å². The number of hydrogen-bond acceptors (Lipinski definition) is 3. The minimum atomic E-state index is -0.475. The third kappa shape index (κ3) is 2.80. The predicted molar refractivity (Wildman–Crippen MR) is 75.1 cm³/mol. The fourth-order valence-corrected chi connectivity index (χ4v) is 3.33. The van der Waals surface area contributed by atoms with Crippen molar-refractivity contribution in [3.8, 4) is 0 Å². The van der Waals surface area contributed by atoms with Gasteiger partial charge in [0, 0.05) is 5.54 Å². The SMILES string of the molecule is O=C(NC12CCC(O)(CC1)CC2)OCc1ccccc1. The molecule has 108 valence electrons. The Balaban J connectivity index is 1.52. The van der Waals surface area contributed by atoms with Gasteiger partial charge in [0.1, 0.15) is 6.61 Å². The van der Waals surface area contributed by atoms with Crippen LogP contribution in [0.5, 0.6) is 0 Å². The molecule has 20 heavy (non-hydrogen) atoms. The molecule has 1 amide bonds. The van der Waals surface area contributed by atoms with E-state index >= 15 is 0 Å². The summed E-state index contributed by atoms with van der Waals surface area (Å²) in [7, 11) is 0. The monoisotopic (exact) mass is 275 g/mol. The molecule has 0 heterocycles. The van der Waals surface area contributed by atoms with Gasteiger partial charge in [0.2, 0.25) is 0 Å². The molecule has 0 aliphatic heterocycles. The van der Waals surface area contributed by atoms with E-state index in [4.69, 9.17) is 4.74 Å². The third-order valence-electron chi connectivity index (χ3n) is 4.79. The van der Waals surface area contributed by atoms with Crippen molar-refractivity contribution in [3.63, 3.8) is 0 Å². The molecular formula is C16H21NO3. The van der Waals surface area contributed by atoms with Crippen molar-refractivity contribution < 1.29 is 14.6 Å². The number of fused-ring (bicyclic) bond motifs is 3. The number of carbonyl (C=O) groups excluding carboxylic acids is 1. The molecule has 2 N–H and O–H groups in total. The van der Waals surface area contributed by atoms with Crippen molar-refractivity contribution in [2.75, 3.05) is 0 Å². The molecule has 3 aliphatic carbocycles. The number of hydrogen-bond donors (Lipinski definition) is 2. The second kappa shape index (κ2) is 5.09. The van der Waals surface area contributed by atoms with Crippen LogP contribution in [-0.2, 0) is 11.3 Å². The molecule has 0 unspecified atom stereocenters. The Morgan fingerprint density at radius 3 is 2.30 bits per heavy atom. The molecule has 0 saturated heterocycles. The molecule has 0 spiro atoms. The zero-order valence-corrected chi connectivity index (χ0v) is 11.6. The highest BCUT2D eigenvalue weighted by Gasteiger charge is 2.48. The summed E-state index contributed by atoms with van der Waals surface area (Å²) >= 11 is 0. The van der Waals surface area contributed by atoms with Gasteiger partial charge in [0.05, 0.1) is 5.60 Å². The lowest BCUT2D eigenvalue weighted by Gasteiger charge is -2.50. The van der Waals surface area contributed by atoms with Crippen molar-refractivity contribution in [3.05, 3.63) is 35.9 Å². The standard InChI is InChI=1S/C16H21NO3/c18-14(20-12-13-4-2-1-3-5-13)17-15-6-9-16(19,10-7-15)11-8-15/h1-5,19H,6-12H2,(H,17,18). The van der Waals surface area contributed by atoms with Crippen molar-refractivity contribution in [2.45, 2.75) is 56.3 Å². The smallest absolute Gasteiger partial charge is 0.407 e. The Morgan fingerprint density at radius 2 is 1.70 bits per heavy atom. The second-order valence-electron chi connectivity index (χ2n) is 6.19. The van der Waals surface area contributed by atoms with Crippen LogP contribution in [0.3, 0.4) is 0 Å². The lowest BCUT2D eigenvalue weighted by atomic mass is 9.63. The van der Waals surface area contributed by atoms with Crippen LogP contribution in [-0.4, -0.2) is 22.3 Å². The number of amides is 1. The van der Waals surface area contributed by atoms with Crippen LogP contribution in [0.4, 0.5) is 4.79 Å². The van der Waals surface area contributed by atoms with Gasteiger partial charge >= 0.3 is 6.09 Å². The molecule has 0 radical (unpaired) electrons. The van der Waals surface area contributed by atoms with E-state index in [1.54, 1.807) is 0 Å². The van der Waals surface area contributed by atoms with E-state index in [0.29, 0.717) is 6.61 Å². The molecule has 3 saturated carbocycles. The highest BCUT2D eigenvalue weighted by Crippen LogP contribution is 2.46. The van der Waals surface area contributed by atoms with E-state index in [1.807, 2.05) is 30.3 Å². The number of rotatable bonds is 3. The lowest BCUT2D eigenvalue weighted by Crippen LogP contribution is -2.58. The van der Waals surface area contributed by atoms with Crippen LogP contribution in [0.1, 0.15) is 44.1 Å². The molecule has 4 nitrogen and oxygen atoms in total. The van der Waals surface area contributed by atoms with Gasteiger partial charge in [-0.2, -0.15) is 0 Å². The second-order valence-corrected chi connectivity index (χ2v) is 6.19. The molecule has 3 aliphatic rings. The van der Waals surface area contributed by atoms with Gasteiger partial charge in [0.25, 0.3) is 0 Å². The summed E-state index contributed by atoms with van der Waals surface area (Å²) in [5.41, 5.74) is 0.358. The van der Waals surface area contributed by atoms with Gasteiger partial charge in [-0.05, 0) is 44.1 Å². The largest absolute Gasteiger partial charge is 0.445 e. The fourth-order valence-electron chi connectivity index (χ4n) is 3.33. The molecule has 0 atom stereocenters. The number of benzene rings is 1. The predicted octanol–water partition coefficient (Wildman–Crippen LogP) is 2.75. The highest BCUT2D eigenvalue weighted by atomic mass is 16.5. The lowest BCUT2D eigenvalue weighted by molar-refractivity contribution is -0.0715. The van der Waals surface area contributed by atoms with E-state index in [-0.39, 0.29) is 11.6 Å². The van der Waals surface area contributed by atoms with E-state index in [1.165, 1.54) is 0 Å². The van der Waals surface area contributed by atoms with E-state index < -0.39 is 5.60 Å². The minimum Gasteiger partial charge on any atom is -0.445 e. The Bertz CT molecular complexity index is 461. The summed E-state index contributed by atoms with van der Waals surface area (Å²) in [6, 6.07) is 9.67. The van der Waals surface area contributed by atoms with Crippen molar-refractivity contribution in [1.29, 1.82) is 0 Å². The summed E-state index contributed by atoms with van der Waals surface area (Å²) in [5, 5.41) is 13.2. The maximum atomic E-state index is 11.9. The van der Waals surface area contributed by atoms with Crippen LogP contribution in [0, 0.1) is 0 Å². The third-order valence-corrected chi connectivity index (χ3v) is 4.79. The molecular weight excluding hydrogens is 254 g/mol. The molecule has 3 fully saturated rings. The van der Waals surface area contributed by atoms with Crippen molar-refractivity contribution >= 4 is 6.09 Å². The number of carbonyl (C=O) groups is 1. The molecule has 4 rings (SSSR count). The average Bonchev–Trinajstić information content (AvgIpc) is 2.48. The van der Waals surface area contributed by atoms with Crippen LogP contribution in [0.15, 0.2) is 30.3 Å². The Kier molecular flexibility index (Phi) is 3.42. The summed E-state index contributed by atoms with van der Waals surface area (Å²) in [4.78, 5) is 11.9. The molecule has 1 aromatic rings. The summed E-state index contributed by atoms with van der Waals surface area (Å²) < 4.78 is 5.29. The zero-order chi connectivity index (χ0) is 14.1. The van der Waals surface area contributed by atoms with Gasteiger partial charge in [-0.15, -0.1) is 0 Å². The van der Waals surface area contributed by atoms with E-state index in [2.05, 4.69) is 5.32 Å². The Morgan fingerprint density at radius 1 is 1.10 bits per heavy atom. The summed E-state index contributed by atoms with van der Waals surface area (Å²) in [6.45, 7) is 0.298. The Hall–Kier alpha value is -1.55. The molecule has 4 heteroatoms. The number of alkyl carbamates (subject to hydrolysis) is 1. The zero-order valence-electron chi connectivity index (χ0n) is 11.6. The quantitative estimate of drug-likeness (QED) is 0.891. The highest BCUT2D eigenvalue weighted by molar-refractivity contribution is 5.68. The first kappa shape index (κ1) is 13.4. The summed E-state index contributed by atoms with van der Waals surface area (Å²) in [6.07, 6.45) is 4.56. The van der Waals surface area contributed by atoms with E-state index in [0.717, 1.165) is 44.1 Å². The van der Waals surface area contributed by atoms with Crippen LogP contribution >= 0.6 is 0 Å². The van der Waals surface area contributed by atoms with Gasteiger partial charge < -0.3 is 15.2 Å². The summed E-state index contributed by atoms with van der Waals surface area (Å²) in [5.74, 6) is 0. The number of ether oxygens (including phenoxy) is 1. The molecule has 2 bridgehead atoms. The molecule has 0 aromatic heterocycles. The van der Waals surface area contributed by atoms with Gasteiger partial charge in [-0.3, -0.25) is 0 Å². The van der Waals surface area contributed by atoms with Crippen LogP contribution in [0.25, 0.3) is 0 Å². The molecule has 1 aromatic carbocycles. The average molecular weight is 275 g/mol. The van der Waals surface area contributed by atoms with Crippen LogP contribution < -0.4 is 5.32 Å². The Labute approximate surface area is 119 Å². The van der Waals surface area contributed by atoms with Crippen molar-refractivity contribution in [2.24, 2.45) is 0 Å². The van der Waals surface area contributed by atoms with Gasteiger partial charge in [-0.1, -0.05) is 30.3 Å². The first-order valence-corrected chi connectivity index (χ1v) is 7.31. The van der Waals surface area contributed by atoms with Crippen LogP contribution in [0.2, 0.25) is 0 Å². The number of aliphatic hydroxyl groups is 1. The van der Waals surface area contributed by atoms with Gasteiger partial charge in [0.15, 0.2) is 0 Å².